The number of nitrogens with one attached hydrogen (secondary N) is 2. The summed E-state index contributed by atoms with van der Waals surface area (Å²) in [6.07, 6.45) is 3.12. The van der Waals surface area contributed by atoms with E-state index in [1.807, 2.05) is 66.7 Å². The second-order valence-corrected chi connectivity index (χ2v) is 10.9. The molecule has 0 aromatic heterocycles. The summed E-state index contributed by atoms with van der Waals surface area (Å²) >= 11 is 0. The van der Waals surface area contributed by atoms with Crippen LogP contribution in [0.5, 0.6) is 0 Å². The van der Waals surface area contributed by atoms with Gasteiger partial charge in [0.05, 0.1) is 12.1 Å². The minimum atomic E-state index is -0.767. The molecule has 0 bridgehead atoms. The third kappa shape index (κ3) is 8.18. The average Bonchev–Trinajstić information content (AvgIpc) is 2.86. The average molecular weight is 485 g/mol. The highest BCUT2D eigenvalue weighted by Gasteiger charge is 2.25. The molecule has 0 fully saturated rings. The Morgan fingerprint density at radius 1 is 0.833 bits per heavy atom. The van der Waals surface area contributed by atoms with Crippen molar-refractivity contribution in [2.24, 2.45) is 0 Å². The molecule has 3 N–H and O–H groups in total. The molecule has 1 amide bonds. The van der Waals surface area contributed by atoms with Gasteiger partial charge in [-0.1, -0.05) is 106 Å². The number of amides is 1. The topological polar surface area (TPSA) is 61.4 Å². The molecular formula is C32H40N2O2. The Kier molecular flexibility index (Phi) is 9.25. The van der Waals surface area contributed by atoms with Gasteiger partial charge < -0.3 is 15.7 Å². The SMILES string of the molecule is CC(C)(C)c1ccc(/C=C/C(=O)N[C@@H](Cc2ccccc2)[C@H](O)CNC(C)(C)c2ccccc2)cc1. The monoisotopic (exact) mass is 484 g/mol. The third-order valence-corrected chi connectivity index (χ3v) is 6.54. The normalized spacial score (nSPS) is 13.9. The number of aliphatic hydroxyl groups excluding tert-OH is 1. The molecule has 0 unspecified atom stereocenters. The van der Waals surface area contributed by atoms with Crippen molar-refractivity contribution in [1.82, 2.24) is 10.6 Å². The van der Waals surface area contributed by atoms with E-state index in [0.717, 1.165) is 16.7 Å². The second-order valence-electron chi connectivity index (χ2n) is 10.9. The van der Waals surface area contributed by atoms with Crippen LogP contribution in [-0.2, 0) is 22.2 Å². The number of carbonyl (C=O) groups is 1. The molecule has 0 spiro atoms. The Balaban J connectivity index is 1.67. The van der Waals surface area contributed by atoms with Crippen LogP contribution in [0, 0.1) is 0 Å². The predicted molar refractivity (Wildman–Crippen MR) is 150 cm³/mol. The van der Waals surface area contributed by atoms with Crippen LogP contribution in [0.15, 0.2) is 91.0 Å². The zero-order valence-corrected chi connectivity index (χ0v) is 22.2. The van der Waals surface area contributed by atoms with Crippen LogP contribution in [0.1, 0.15) is 56.9 Å². The molecule has 0 aliphatic rings. The fraction of sp³-hybridized carbons (Fsp3) is 0.344. The van der Waals surface area contributed by atoms with Gasteiger partial charge in [0, 0.05) is 18.2 Å². The second kappa shape index (κ2) is 12.2. The molecule has 36 heavy (non-hydrogen) atoms. The van der Waals surface area contributed by atoms with Crippen LogP contribution in [-0.4, -0.2) is 29.7 Å². The van der Waals surface area contributed by atoms with E-state index in [1.54, 1.807) is 0 Å². The Morgan fingerprint density at radius 3 is 2.00 bits per heavy atom. The van der Waals surface area contributed by atoms with E-state index >= 15 is 0 Å². The highest BCUT2D eigenvalue weighted by molar-refractivity contribution is 5.92. The quantitative estimate of drug-likeness (QED) is 0.328. The summed E-state index contributed by atoms with van der Waals surface area (Å²) in [6.45, 7) is 11.1. The van der Waals surface area contributed by atoms with Crippen molar-refractivity contribution in [3.05, 3.63) is 113 Å². The molecule has 0 heterocycles. The summed E-state index contributed by atoms with van der Waals surface area (Å²) in [5.74, 6) is -0.225. The molecule has 0 saturated carbocycles. The lowest BCUT2D eigenvalue weighted by molar-refractivity contribution is -0.117. The Labute approximate surface area is 216 Å². The molecule has 190 valence electrons. The predicted octanol–water partition coefficient (Wildman–Crippen LogP) is 5.61. The zero-order chi connectivity index (χ0) is 26.2. The van der Waals surface area contributed by atoms with Crippen LogP contribution in [0.25, 0.3) is 6.08 Å². The molecule has 0 aliphatic heterocycles. The minimum Gasteiger partial charge on any atom is -0.390 e. The maximum Gasteiger partial charge on any atom is 0.244 e. The van der Waals surface area contributed by atoms with Crippen molar-refractivity contribution in [2.45, 2.75) is 64.1 Å². The molecule has 3 aromatic rings. The fourth-order valence-corrected chi connectivity index (χ4v) is 4.11. The number of hydrogen-bond acceptors (Lipinski definition) is 3. The molecular weight excluding hydrogens is 444 g/mol. The van der Waals surface area contributed by atoms with Gasteiger partial charge >= 0.3 is 0 Å². The lowest BCUT2D eigenvalue weighted by Gasteiger charge is -2.31. The van der Waals surface area contributed by atoms with E-state index in [-0.39, 0.29) is 16.9 Å². The summed E-state index contributed by atoms with van der Waals surface area (Å²) in [5.41, 5.74) is 4.18. The highest BCUT2D eigenvalue weighted by atomic mass is 16.3. The molecule has 3 rings (SSSR count). The molecule has 0 aliphatic carbocycles. The Morgan fingerprint density at radius 2 is 1.42 bits per heavy atom. The summed E-state index contributed by atoms with van der Waals surface area (Å²) in [7, 11) is 0. The van der Waals surface area contributed by atoms with Gasteiger partial charge in [0.15, 0.2) is 0 Å². The van der Waals surface area contributed by atoms with Crippen LogP contribution in [0.4, 0.5) is 0 Å². The number of benzene rings is 3. The van der Waals surface area contributed by atoms with Gasteiger partial charge in [-0.15, -0.1) is 0 Å². The lowest BCUT2D eigenvalue weighted by atomic mass is 9.87. The standard InChI is InChI=1S/C32H40N2O2/c1-31(2,3)26-19-16-24(17-20-26)18-21-30(36)34-28(22-25-12-8-6-9-13-25)29(35)23-33-32(4,5)27-14-10-7-11-15-27/h6-21,28-29,33,35H,22-23H2,1-5H3,(H,34,36)/b21-18+/t28-,29+/m0/s1. The maximum absolute atomic E-state index is 12.8. The first-order valence-electron chi connectivity index (χ1n) is 12.7. The van der Waals surface area contributed by atoms with Crippen LogP contribution in [0.3, 0.4) is 0 Å². The molecule has 0 saturated heterocycles. The van der Waals surface area contributed by atoms with Gasteiger partial charge in [-0.25, -0.2) is 0 Å². The van der Waals surface area contributed by atoms with Crippen molar-refractivity contribution in [3.8, 4) is 0 Å². The molecule has 4 heteroatoms. The van der Waals surface area contributed by atoms with Gasteiger partial charge in [-0.05, 0) is 54.0 Å². The largest absolute Gasteiger partial charge is 0.390 e. The fourth-order valence-electron chi connectivity index (χ4n) is 4.11. The summed E-state index contributed by atoms with van der Waals surface area (Å²) in [4.78, 5) is 12.8. The van der Waals surface area contributed by atoms with Crippen molar-refractivity contribution < 1.29 is 9.90 Å². The van der Waals surface area contributed by atoms with Gasteiger partial charge in [0.1, 0.15) is 0 Å². The molecule has 3 aromatic carbocycles. The summed E-state index contributed by atoms with van der Waals surface area (Å²) < 4.78 is 0. The van der Waals surface area contributed by atoms with E-state index in [1.165, 1.54) is 11.6 Å². The van der Waals surface area contributed by atoms with E-state index in [0.29, 0.717) is 13.0 Å². The highest BCUT2D eigenvalue weighted by Crippen LogP contribution is 2.22. The third-order valence-electron chi connectivity index (χ3n) is 6.54. The van der Waals surface area contributed by atoms with E-state index in [4.69, 9.17) is 0 Å². The van der Waals surface area contributed by atoms with Gasteiger partial charge in [-0.2, -0.15) is 0 Å². The van der Waals surface area contributed by atoms with Crippen LogP contribution < -0.4 is 10.6 Å². The lowest BCUT2D eigenvalue weighted by Crippen LogP contribution is -2.51. The molecule has 2 atom stereocenters. The van der Waals surface area contributed by atoms with E-state index in [9.17, 15) is 9.90 Å². The van der Waals surface area contributed by atoms with Crippen molar-refractivity contribution in [2.75, 3.05) is 6.54 Å². The minimum absolute atomic E-state index is 0.0868. The maximum atomic E-state index is 12.8. The van der Waals surface area contributed by atoms with Crippen molar-refractivity contribution in [1.29, 1.82) is 0 Å². The summed E-state index contributed by atoms with van der Waals surface area (Å²) in [5, 5.41) is 17.6. The van der Waals surface area contributed by atoms with Crippen molar-refractivity contribution >= 4 is 12.0 Å². The molecule has 4 nitrogen and oxygen atoms in total. The van der Waals surface area contributed by atoms with Gasteiger partial charge in [0.2, 0.25) is 5.91 Å². The van der Waals surface area contributed by atoms with Gasteiger partial charge in [-0.3, -0.25) is 4.79 Å². The van der Waals surface area contributed by atoms with E-state index in [2.05, 4.69) is 69.5 Å². The Bertz CT molecular complexity index is 1110. The van der Waals surface area contributed by atoms with E-state index < -0.39 is 12.1 Å². The Hall–Kier alpha value is -3.21. The smallest absolute Gasteiger partial charge is 0.244 e. The number of carbonyl (C=O) groups excluding carboxylic acids is 1. The number of rotatable bonds is 10. The number of hydrogen-bond donors (Lipinski definition) is 3. The summed E-state index contributed by atoms with van der Waals surface area (Å²) in [6, 6.07) is 27.9. The van der Waals surface area contributed by atoms with Crippen LogP contribution >= 0.6 is 0 Å². The first kappa shape index (κ1) is 27.4. The first-order valence-corrected chi connectivity index (χ1v) is 12.7. The van der Waals surface area contributed by atoms with Crippen molar-refractivity contribution in [3.63, 3.8) is 0 Å². The first-order chi connectivity index (χ1) is 17.0. The van der Waals surface area contributed by atoms with Gasteiger partial charge in [0.25, 0.3) is 0 Å². The van der Waals surface area contributed by atoms with Crippen LogP contribution in [0.2, 0.25) is 0 Å². The number of aliphatic hydroxyl groups is 1. The zero-order valence-electron chi connectivity index (χ0n) is 22.2. The molecule has 0 radical (unpaired) electrons.